The van der Waals surface area contributed by atoms with Crippen molar-refractivity contribution in [3.8, 4) is 11.6 Å². The first-order chi connectivity index (χ1) is 8.56. The first-order valence-electron chi connectivity index (χ1n) is 5.05. The zero-order chi connectivity index (χ0) is 13.1. The average Bonchev–Trinajstić information content (AvgIpc) is 2.34. The van der Waals surface area contributed by atoms with E-state index in [4.69, 9.17) is 9.84 Å². The lowest BCUT2D eigenvalue weighted by atomic mass is 10.2. The van der Waals surface area contributed by atoms with E-state index in [1.165, 1.54) is 24.4 Å². The van der Waals surface area contributed by atoms with Gasteiger partial charge in [-0.05, 0) is 30.7 Å². The van der Waals surface area contributed by atoms with Crippen LogP contribution in [0.15, 0.2) is 30.6 Å². The minimum Gasteiger partial charge on any atom is -0.476 e. The Morgan fingerprint density at radius 2 is 2.11 bits per heavy atom. The normalized spacial score (nSPS) is 10.1. The van der Waals surface area contributed by atoms with Gasteiger partial charge >= 0.3 is 5.97 Å². The second kappa shape index (κ2) is 4.79. The van der Waals surface area contributed by atoms with Crippen molar-refractivity contribution in [3.63, 3.8) is 0 Å². The number of hydrogen-bond acceptors (Lipinski definition) is 4. The van der Waals surface area contributed by atoms with Crippen LogP contribution in [-0.4, -0.2) is 21.0 Å². The van der Waals surface area contributed by atoms with Gasteiger partial charge in [0.1, 0.15) is 11.6 Å². The minimum atomic E-state index is -1.16. The van der Waals surface area contributed by atoms with Crippen molar-refractivity contribution in [2.45, 2.75) is 6.92 Å². The largest absolute Gasteiger partial charge is 0.476 e. The molecular weight excluding hydrogens is 239 g/mol. The van der Waals surface area contributed by atoms with Gasteiger partial charge in [0.15, 0.2) is 5.69 Å². The topological polar surface area (TPSA) is 72.3 Å². The summed E-state index contributed by atoms with van der Waals surface area (Å²) in [6, 6.07) is 4.25. The second-order valence-corrected chi connectivity index (χ2v) is 3.56. The quantitative estimate of drug-likeness (QED) is 0.902. The highest BCUT2D eigenvalue weighted by atomic mass is 19.1. The van der Waals surface area contributed by atoms with E-state index in [1.54, 1.807) is 6.92 Å². The first kappa shape index (κ1) is 12.0. The Balaban J connectivity index is 2.18. The van der Waals surface area contributed by atoms with Crippen molar-refractivity contribution >= 4 is 5.97 Å². The Morgan fingerprint density at radius 3 is 2.67 bits per heavy atom. The maximum absolute atomic E-state index is 13.0. The molecule has 0 spiro atoms. The molecule has 0 aliphatic carbocycles. The van der Waals surface area contributed by atoms with Crippen LogP contribution in [0.2, 0.25) is 0 Å². The number of ether oxygens (including phenoxy) is 1. The van der Waals surface area contributed by atoms with E-state index in [-0.39, 0.29) is 17.4 Å². The summed E-state index contributed by atoms with van der Waals surface area (Å²) in [7, 11) is 0. The van der Waals surface area contributed by atoms with Crippen molar-refractivity contribution in [3.05, 3.63) is 47.7 Å². The summed E-state index contributed by atoms with van der Waals surface area (Å²) in [6.07, 6.45) is 2.29. The fourth-order valence-electron chi connectivity index (χ4n) is 1.28. The highest BCUT2D eigenvalue weighted by Gasteiger charge is 2.06. The molecule has 1 heterocycles. The predicted octanol–water partition coefficient (Wildman–Crippen LogP) is 2.41. The summed E-state index contributed by atoms with van der Waals surface area (Å²) >= 11 is 0. The van der Waals surface area contributed by atoms with Gasteiger partial charge in [0.25, 0.3) is 0 Å². The molecule has 5 nitrogen and oxygen atoms in total. The van der Waals surface area contributed by atoms with E-state index in [0.717, 1.165) is 6.20 Å². The molecule has 0 saturated carbocycles. The lowest BCUT2D eigenvalue weighted by Gasteiger charge is -2.05. The standard InChI is InChI=1S/C12H9FN2O3/c1-7-4-8(2-3-9(7)13)18-11-6-14-10(5-15-11)12(16)17/h2-6H,1H3,(H,16,17). The number of aromatic carboxylic acids is 1. The van der Waals surface area contributed by atoms with Crippen LogP contribution in [0.3, 0.4) is 0 Å². The molecule has 0 radical (unpaired) electrons. The molecule has 0 bridgehead atoms. The molecule has 0 saturated heterocycles. The number of carboxylic acids is 1. The van der Waals surface area contributed by atoms with E-state index in [0.29, 0.717) is 11.3 Å². The van der Waals surface area contributed by atoms with Crippen molar-refractivity contribution < 1.29 is 19.0 Å². The number of benzene rings is 1. The van der Waals surface area contributed by atoms with E-state index < -0.39 is 5.97 Å². The van der Waals surface area contributed by atoms with Gasteiger partial charge in [-0.3, -0.25) is 0 Å². The highest BCUT2D eigenvalue weighted by Crippen LogP contribution is 2.21. The van der Waals surface area contributed by atoms with Gasteiger partial charge in [-0.25, -0.2) is 19.2 Å². The monoisotopic (exact) mass is 248 g/mol. The first-order valence-corrected chi connectivity index (χ1v) is 5.05. The number of halogens is 1. The zero-order valence-electron chi connectivity index (χ0n) is 9.42. The lowest BCUT2D eigenvalue weighted by molar-refractivity contribution is 0.0690. The molecule has 1 N–H and O–H groups in total. The SMILES string of the molecule is Cc1cc(Oc2cnc(C(=O)O)cn2)ccc1F. The summed E-state index contributed by atoms with van der Waals surface area (Å²) < 4.78 is 18.3. The molecule has 1 aromatic carbocycles. The van der Waals surface area contributed by atoms with Crippen molar-refractivity contribution in [1.29, 1.82) is 0 Å². The van der Waals surface area contributed by atoms with Gasteiger partial charge in [0, 0.05) is 0 Å². The van der Waals surface area contributed by atoms with E-state index in [9.17, 15) is 9.18 Å². The Labute approximate surface area is 102 Å². The van der Waals surface area contributed by atoms with Crippen molar-refractivity contribution in [2.75, 3.05) is 0 Å². The van der Waals surface area contributed by atoms with Gasteiger partial charge in [-0.15, -0.1) is 0 Å². The molecule has 2 aromatic rings. The highest BCUT2D eigenvalue weighted by molar-refractivity contribution is 5.84. The number of rotatable bonds is 3. The van der Waals surface area contributed by atoms with Crippen LogP contribution in [0.4, 0.5) is 4.39 Å². The molecule has 6 heteroatoms. The fourth-order valence-corrected chi connectivity index (χ4v) is 1.28. The summed E-state index contributed by atoms with van der Waals surface area (Å²) in [4.78, 5) is 18.0. The van der Waals surface area contributed by atoms with Crippen LogP contribution in [0.5, 0.6) is 11.6 Å². The fraction of sp³-hybridized carbons (Fsp3) is 0.0833. The third-order valence-electron chi connectivity index (χ3n) is 2.20. The van der Waals surface area contributed by atoms with Gasteiger partial charge in [-0.2, -0.15) is 0 Å². The van der Waals surface area contributed by atoms with Crippen LogP contribution in [0, 0.1) is 12.7 Å². The maximum Gasteiger partial charge on any atom is 0.356 e. The molecule has 0 amide bonds. The lowest BCUT2D eigenvalue weighted by Crippen LogP contribution is -2.01. The Bertz CT molecular complexity index is 584. The smallest absolute Gasteiger partial charge is 0.356 e. The van der Waals surface area contributed by atoms with Crippen LogP contribution in [0.1, 0.15) is 16.1 Å². The van der Waals surface area contributed by atoms with Gasteiger partial charge in [-0.1, -0.05) is 0 Å². The number of carbonyl (C=O) groups is 1. The average molecular weight is 248 g/mol. The number of carboxylic acid groups (broad SMARTS) is 1. The van der Waals surface area contributed by atoms with Crippen LogP contribution < -0.4 is 4.74 Å². The molecule has 0 aliphatic heterocycles. The molecule has 0 aliphatic rings. The molecule has 0 fully saturated rings. The number of aromatic nitrogens is 2. The van der Waals surface area contributed by atoms with E-state index in [1.807, 2.05) is 0 Å². The van der Waals surface area contributed by atoms with E-state index >= 15 is 0 Å². The molecule has 92 valence electrons. The summed E-state index contributed by atoms with van der Waals surface area (Å²) in [6.45, 7) is 1.61. The van der Waals surface area contributed by atoms with Gasteiger partial charge in [0.05, 0.1) is 12.4 Å². The minimum absolute atomic E-state index is 0.144. The Hall–Kier alpha value is -2.50. The second-order valence-electron chi connectivity index (χ2n) is 3.56. The third-order valence-corrected chi connectivity index (χ3v) is 2.20. The van der Waals surface area contributed by atoms with Crippen LogP contribution in [0.25, 0.3) is 0 Å². The number of hydrogen-bond donors (Lipinski definition) is 1. The van der Waals surface area contributed by atoms with E-state index in [2.05, 4.69) is 9.97 Å². The third kappa shape index (κ3) is 2.60. The number of nitrogens with zero attached hydrogens (tertiary/aromatic N) is 2. The number of aryl methyl sites for hydroxylation is 1. The Morgan fingerprint density at radius 1 is 1.33 bits per heavy atom. The zero-order valence-corrected chi connectivity index (χ0v) is 9.42. The Kier molecular flexibility index (Phi) is 3.18. The molecule has 2 rings (SSSR count). The molecule has 0 atom stereocenters. The van der Waals surface area contributed by atoms with Crippen molar-refractivity contribution in [2.24, 2.45) is 0 Å². The van der Waals surface area contributed by atoms with Crippen LogP contribution in [-0.2, 0) is 0 Å². The molecular formula is C12H9FN2O3. The molecule has 0 unspecified atom stereocenters. The maximum atomic E-state index is 13.0. The van der Waals surface area contributed by atoms with Gasteiger partial charge < -0.3 is 9.84 Å². The summed E-state index contributed by atoms with van der Waals surface area (Å²) in [5.41, 5.74) is 0.278. The molecule has 1 aromatic heterocycles. The van der Waals surface area contributed by atoms with Gasteiger partial charge in [0.2, 0.25) is 5.88 Å². The van der Waals surface area contributed by atoms with Crippen molar-refractivity contribution in [1.82, 2.24) is 9.97 Å². The predicted molar refractivity (Wildman–Crippen MR) is 60.2 cm³/mol. The summed E-state index contributed by atoms with van der Waals surface area (Å²) in [5, 5.41) is 8.65. The summed E-state index contributed by atoms with van der Waals surface area (Å²) in [5.74, 6) is -0.932. The van der Waals surface area contributed by atoms with Crippen LogP contribution >= 0.6 is 0 Å². The molecule has 18 heavy (non-hydrogen) atoms.